The topological polar surface area (TPSA) is 43.9 Å². The van der Waals surface area contributed by atoms with E-state index in [1.165, 1.54) is 25.7 Å². The van der Waals surface area contributed by atoms with Gasteiger partial charge in [-0.1, -0.05) is 12.8 Å². The summed E-state index contributed by atoms with van der Waals surface area (Å²) < 4.78 is 0. The molecule has 0 aromatic carbocycles. The van der Waals surface area contributed by atoms with Crippen LogP contribution in [-0.4, -0.2) is 76.9 Å². The highest BCUT2D eigenvalue weighted by molar-refractivity contribution is 8.00. The first kappa shape index (κ1) is 14.2. The Morgan fingerprint density at radius 1 is 1.15 bits per heavy atom. The van der Waals surface area contributed by atoms with Crippen molar-refractivity contribution in [2.24, 2.45) is 0 Å². The van der Waals surface area contributed by atoms with Crippen LogP contribution >= 0.6 is 11.8 Å². The molecule has 0 unspecified atom stereocenters. The van der Waals surface area contributed by atoms with Crippen LogP contribution in [0.3, 0.4) is 0 Å². The highest BCUT2D eigenvalue weighted by Gasteiger charge is 2.30. The van der Waals surface area contributed by atoms with Gasteiger partial charge in [-0.05, 0) is 12.8 Å². The Kier molecular flexibility index (Phi) is 4.51. The number of rotatable bonds is 3. The largest absolute Gasteiger partial charge is 0.339 e. The molecule has 2 heterocycles. The average molecular weight is 297 g/mol. The molecule has 6 heteroatoms. The van der Waals surface area contributed by atoms with Gasteiger partial charge in [-0.15, -0.1) is 11.8 Å². The van der Waals surface area contributed by atoms with E-state index >= 15 is 0 Å². The summed E-state index contributed by atoms with van der Waals surface area (Å²) in [6.07, 6.45) is 5.37. The monoisotopic (exact) mass is 297 g/mol. The van der Waals surface area contributed by atoms with Crippen LogP contribution in [0.5, 0.6) is 0 Å². The van der Waals surface area contributed by atoms with Gasteiger partial charge in [0.05, 0.1) is 11.6 Å². The molecule has 3 fully saturated rings. The summed E-state index contributed by atoms with van der Waals surface area (Å²) in [5.74, 6) is 1.43. The maximum atomic E-state index is 12.2. The van der Waals surface area contributed by atoms with Crippen LogP contribution in [0.4, 0.5) is 0 Å². The molecule has 0 bridgehead atoms. The second-order valence-electron chi connectivity index (χ2n) is 5.92. The molecule has 0 atom stereocenters. The lowest BCUT2D eigenvalue weighted by Gasteiger charge is -2.38. The van der Waals surface area contributed by atoms with Crippen LogP contribution in [0, 0.1) is 0 Å². The zero-order chi connectivity index (χ0) is 13.9. The van der Waals surface area contributed by atoms with E-state index in [-0.39, 0.29) is 18.4 Å². The van der Waals surface area contributed by atoms with Crippen LogP contribution in [-0.2, 0) is 9.59 Å². The van der Waals surface area contributed by atoms with Crippen LogP contribution in [0.1, 0.15) is 25.7 Å². The van der Waals surface area contributed by atoms with E-state index < -0.39 is 0 Å². The molecule has 3 rings (SSSR count). The first-order valence-corrected chi connectivity index (χ1v) is 8.77. The van der Waals surface area contributed by atoms with Crippen molar-refractivity contribution in [2.75, 3.05) is 44.4 Å². The number of hydrogen-bond acceptors (Lipinski definition) is 4. The number of piperazine rings is 1. The average Bonchev–Trinajstić information content (AvgIpc) is 3.12. The standard InChI is InChI=1S/C14H23N3O2S/c18-13(9-17-11-20-10-14(17)19)16-7-5-15(6-8-16)12-3-1-2-4-12/h12H,1-11H2. The fourth-order valence-electron chi connectivity index (χ4n) is 3.41. The molecule has 3 aliphatic rings. The summed E-state index contributed by atoms with van der Waals surface area (Å²) in [6, 6.07) is 0.754. The number of nitrogens with zero attached hydrogens (tertiary/aromatic N) is 3. The van der Waals surface area contributed by atoms with Crippen molar-refractivity contribution in [3.8, 4) is 0 Å². The fraction of sp³-hybridized carbons (Fsp3) is 0.857. The molecule has 0 aromatic rings. The fourth-order valence-corrected chi connectivity index (χ4v) is 4.31. The predicted molar refractivity (Wildman–Crippen MR) is 79.4 cm³/mol. The molecule has 0 spiro atoms. The molecule has 2 amide bonds. The van der Waals surface area contributed by atoms with Gasteiger partial charge in [-0.2, -0.15) is 0 Å². The maximum Gasteiger partial charge on any atom is 0.242 e. The summed E-state index contributed by atoms with van der Waals surface area (Å²) >= 11 is 1.59. The van der Waals surface area contributed by atoms with E-state index in [9.17, 15) is 9.59 Å². The molecule has 2 aliphatic heterocycles. The van der Waals surface area contributed by atoms with Gasteiger partial charge < -0.3 is 9.80 Å². The van der Waals surface area contributed by atoms with Gasteiger partial charge in [0.1, 0.15) is 6.54 Å². The molecule has 1 saturated carbocycles. The van der Waals surface area contributed by atoms with E-state index in [1.807, 2.05) is 4.90 Å². The number of hydrogen-bond donors (Lipinski definition) is 0. The zero-order valence-electron chi connectivity index (χ0n) is 11.9. The van der Waals surface area contributed by atoms with Crippen LogP contribution in [0.15, 0.2) is 0 Å². The third-order valence-electron chi connectivity index (χ3n) is 4.66. The van der Waals surface area contributed by atoms with Gasteiger partial charge in [0.2, 0.25) is 11.8 Å². The van der Waals surface area contributed by atoms with Crippen LogP contribution in [0.25, 0.3) is 0 Å². The highest BCUT2D eigenvalue weighted by atomic mass is 32.2. The molecule has 2 saturated heterocycles. The second kappa shape index (κ2) is 6.35. The van der Waals surface area contributed by atoms with Gasteiger partial charge >= 0.3 is 0 Å². The molecule has 112 valence electrons. The minimum absolute atomic E-state index is 0.105. The minimum Gasteiger partial charge on any atom is -0.339 e. The van der Waals surface area contributed by atoms with Crippen LogP contribution < -0.4 is 0 Å². The summed E-state index contributed by atoms with van der Waals surface area (Å²) in [5, 5.41) is 0. The van der Waals surface area contributed by atoms with Gasteiger partial charge in [-0.3, -0.25) is 14.5 Å². The minimum atomic E-state index is 0.105. The van der Waals surface area contributed by atoms with Crippen molar-refractivity contribution in [2.45, 2.75) is 31.7 Å². The van der Waals surface area contributed by atoms with Crippen molar-refractivity contribution >= 4 is 23.6 Å². The van der Waals surface area contributed by atoms with Gasteiger partial charge in [0.15, 0.2) is 0 Å². The van der Waals surface area contributed by atoms with Gasteiger partial charge in [0.25, 0.3) is 0 Å². The Hall–Kier alpha value is -0.750. The van der Waals surface area contributed by atoms with E-state index in [4.69, 9.17) is 0 Å². The molecular formula is C14H23N3O2S. The van der Waals surface area contributed by atoms with Crippen LogP contribution in [0.2, 0.25) is 0 Å². The maximum absolute atomic E-state index is 12.2. The number of carbonyl (C=O) groups excluding carboxylic acids is 2. The molecular weight excluding hydrogens is 274 g/mol. The Bertz CT molecular complexity index is 377. The predicted octanol–water partition coefficient (Wildman–Crippen LogP) is 0.606. The van der Waals surface area contributed by atoms with Crippen molar-refractivity contribution in [3.05, 3.63) is 0 Å². The SMILES string of the molecule is O=C(CN1CSCC1=O)N1CCN(C2CCCC2)CC1. The third-order valence-corrected chi connectivity index (χ3v) is 5.60. The molecule has 5 nitrogen and oxygen atoms in total. The highest BCUT2D eigenvalue weighted by Crippen LogP contribution is 2.24. The van der Waals surface area contributed by atoms with E-state index in [0.717, 1.165) is 32.2 Å². The third kappa shape index (κ3) is 3.11. The molecule has 0 radical (unpaired) electrons. The van der Waals surface area contributed by atoms with Crippen molar-refractivity contribution in [1.29, 1.82) is 0 Å². The molecule has 1 aliphatic carbocycles. The van der Waals surface area contributed by atoms with Crippen molar-refractivity contribution in [1.82, 2.24) is 14.7 Å². The lowest BCUT2D eigenvalue weighted by Crippen LogP contribution is -2.53. The Morgan fingerprint density at radius 2 is 1.85 bits per heavy atom. The Labute approximate surface area is 124 Å². The summed E-state index contributed by atoms with van der Waals surface area (Å²) in [6.45, 7) is 3.92. The molecule has 0 aromatic heterocycles. The Morgan fingerprint density at radius 3 is 2.45 bits per heavy atom. The normalized spacial score (nSPS) is 25.7. The smallest absolute Gasteiger partial charge is 0.242 e. The van der Waals surface area contributed by atoms with E-state index in [2.05, 4.69) is 4.90 Å². The first-order chi connectivity index (χ1) is 9.74. The van der Waals surface area contributed by atoms with Gasteiger partial charge in [-0.25, -0.2) is 0 Å². The number of carbonyl (C=O) groups is 2. The van der Waals surface area contributed by atoms with E-state index in [1.54, 1.807) is 16.7 Å². The second-order valence-corrected chi connectivity index (χ2v) is 6.88. The Balaban J connectivity index is 1.45. The van der Waals surface area contributed by atoms with Crippen molar-refractivity contribution in [3.63, 3.8) is 0 Å². The molecule has 20 heavy (non-hydrogen) atoms. The number of thioether (sulfide) groups is 1. The summed E-state index contributed by atoms with van der Waals surface area (Å²) in [4.78, 5) is 29.9. The lowest BCUT2D eigenvalue weighted by atomic mass is 10.2. The zero-order valence-corrected chi connectivity index (χ0v) is 12.7. The quantitative estimate of drug-likeness (QED) is 0.765. The van der Waals surface area contributed by atoms with Gasteiger partial charge in [0, 0.05) is 32.2 Å². The summed E-state index contributed by atoms with van der Waals surface area (Å²) in [5.41, 5.74) is 0. The lowest BCUT2D eigenvalue weighted by molar-refractivity contribution is -0.139. The summed E-state index contributed by atoms with van der Waals surface area (Å²) in [7, 11) is 0. The van der Waals surface area contributed by atoms with E-state index in [0.29, 0.717) is 11.6 Å². The first-order valence-electron chi connectivity index (χ1n) is 7.61. The van der Waals surface area contributed by atoms with Crippen molar-refractivity contribution < 1.29 is 9.59 Å². The number of amides is 2. The molecule has 0 N–H and O–H groups in total.